The van der Waals surface area contributed by atoms with Gasteiger partial charge in [0.15, 0.2) is 0 Å². The first-order valence-corrected chi connectivity index (χ1v) is 8.25. The predicted octanol–water partition coefficient (Wildman–Crippen LogP) is 3.70. The molecule has 0 aliphatic carbocycles. The minimum absolute atomic E-state index is 0.0691. The number of nitrogens with one attached hydrogen (secondary N) is 1. The Labute approximate surface area is 139 Å². The molecule has 2 aromatic carbocycles. The molecule has 0 aromatic heterocycles. The Balaban J connectivity index is 1.79. The van der Waals surface area contributed by atoms with Gasteiger partial charge in [0.05, 0.1) is 5.60 Å². The van der Waals surface area contributed by atoms with E-state index in [9.17, 15) is 0 Å². The number of anilines is 1. The summed E-state index contributed by atoms with van der Waals surface area (Å²) in [6, 6.07) is 19.9. The molecule has 0 spiro atoms. The molecular weight excluding hydrogens is 284 g/mol. The van der Waals surface area contributed by atoms with Gasteiger partial charge < -0.3 is 15.0 Å². The Bertz CT molecular complexity index is 616. The summed E-state index contributed by atoms with van der Waals surface area (Å²) in [7, 11) is 0. The van der Waals surface area contributed by atoms with Crippen molar-refractivity contribution in [2.24, 2.45) is 0 Å². The molecule has 0 saturated carbocycles. The normalized spacial score (nSPS) is 18.9. The topological polar surface area (TPSA) is 24.5 Å². The van der Waals surface area contributed by atoms with E-state index in [1.54, 1.807) is 0 Å². The molecule has 1 unspecified atom stereocenters. The molecule has 1 heterocycles. The van der Waals surface area contributed by atoms with Gasteiger partial charge in [0.1, 0.15) is 6.23 Å². The van der Waals surface area contributed by atoms with Gasteiger partial charge in [0.25, 0.3) is 0 Å². The Kier molecular flexibility index (Phi) is 4.69. The van der Waals surface area contributed by atoms with Crippen molar-refractivity contribution < 1.29 is 4.74 Å². The summed E-state index contributed by atoms with van der Waals surface area (Å²) >= 11 is 0. The molecule has 3 nitrogen and oxygen atoms in total. The highest BCUT2D eigenvalue weighted by molar-refractivity contribution is 5.66. The highest BCUT2D eigenvalue weighted by Gasteiger charge is 2.27. The average Bonchev–Trinajstić information content (AvgIpc) is 2.55. The van der Waals surface area contributed by atoms with E-state index in [1.807, 2.05) is 18.2 Å². The number of rotatable bonds is 3. The highest BCUT2D eigenvalue weighted by atomic mass is 16.5. The largest absolute Gasteiger partial charge is 0.351 e. The van der Waals surface area contributed by atoms with Gasteiger partial charge in [0, 0.05) is 25.3 Å². The first-order chi connectivity index (χ1) is 11.0. The molecule has 3 heteroatoms. The van der Waals surface area contributed by atoms with Gasteiger partial charge in [-0.05, 0) is 56.2 Å². The van der Waals surface area contributed by atoms with Gasteiger partial charge in [-0.25, -0.2) is 0 Å². The number of hydrogen-bond acceptors (Lipinski definition) is 3. The van der Waals surface area contributed by atoms with Crippen LogP contribution in [-0.2, 0) is 4.74 Å². The van der Waals surface area contributed by atoms with Crippen LogP contribution < -0.4 is 10.2 Å². The number of benzene rings is 2. The van der Waals surface area contributed by atoms with Crippen LogP contribution in [0.4, 0.5) is 5.69 Å². The lowest BCUT2D eigenvalue weighted by Gasteiger charge is -2.41. The van der Waals surface area contributed by atoms with E-state index in [1.165, 1.54) is 16.8 Å². The summed E-state index contributed by atoms with van der Waals surface area (Å²) in [5, 5.41) is 3.42. The lowest BCUT2D eigenvalue weighted by Crippen LogP contribution is -2.54. The van der Waals surface area contributed by atoms with Gasteiger partial charge in [-0.15, -0.1) is 0 Å². The van der Waals surface area contributed by atoms with Crippen molar-refractivity contribution in [2.75, 3.05) is 24.5 Å². The second kappa shape index (κ2) is 6.73. The zero-order chi connectivity index (χ0) is 16.3. The standard InChI is InChI=1S/C20H25N2O/c1-20(2,3)23-19-15-21-13-14-22(19)18-11-9-17(10-12-18)16-7-5-4-6-8-16/h4-5,7-12,19,21H,13-15H2,1-3H3. The van der Waals surface area contributed by atoms with Crippen molar-refractivity contribution >= 4 is 5.69 Å². The maximum Gasteiger partial charge on any atom is 0.143 e. The Morgan fingerprint density at radius 2 is 1.91 bits per heavy atom. The fourth-order valence-electron chi connectivity index (χ4n) is 2.91. The van der Waals surface area contributed by atoms with Crippen molar-refractivity contribution in [2.45, 2.75) is 32.6 Å². The number of hydrogen-bond donors (Lipinski definition) is 1. The first kappa shape index (κ1) is 16.0. The Morgan fingerprint density at radius 3 is 2.57 bits per heavy atom. The van der Waals surface area contributed by atoms with Gasteiger partial charge in [-0.3, -0.25) is 0 Å². The van der Waals surface area contributed by atoms with Crippen LogP contribution in [0, 0.1) is 6.07 Å². The van der Waals surface area contributed by atoms with Crippen molar-refractivity contribution in [1.29, 1.82) is 0 Å². The summed E-state index contributed by atoms with van der Waals surface area (Å²) in [6.07, 6.45) is 0.0691. The van der Waals surface area contributed by atoms with Crippen molar-refractivity contribution in [3.05, 3.63) is 54.6 Å². The van der Waals surface area contributed by atoms with Crippen molar-refractivity contribution in [3.63, 3.8) is 0 Å². The SMILES string of the molecule is CC(C)(C)OC1CNCCN1c1ccc(-c2c[c]ccc2)cc1. The molecule has 1 N–H and O–H groups in total. The van der Waals surface area contributed by atoms with E-state index in [0.717, 1.165) is 19.6 Å². The molecule has 1 saturated heterocycles. The molecule has 1 aliphatic heterocycles. The lowest BCUT2D eigenvalue weighted by molar-refractivity contribution is -0.0635. The summed E-state index contributed by atoms with van der Waals surface area (Å²) in [5.74, 6) is 0. The first-order valence-electron chi connectivity index (χ1n) is 8.25. The van der Waals surface area contributed by atoms with Gasteiger partial charge in [0.2, 0.25) is 0 Å². The van der Waals surface area contributed by atoms with Crippen LogP contribution in [-0.4, -0.2) is 31.5 Å². The van der Waals surface area contributed by atoms with Gasteiger partial charge in [-0.1, -0.05) is 30.3 Å². The van der Waals surface area contributed by atoms with Crippen LogP contribution in [0.25, 0.3) is 11.1 Å². The fourth-order valence-corrected chi connectivity index (χ4v) is 2.91. The Morgan fingerprint density at radius 1 is 1.13 bits per heavy atom. The van der Waals surface area contributed by atoms with Crippen LogP contribution >= 0.6 is 0 Å². The molecule has 2 aromatic rings. The summed E-state index contributed by atoms with van der Waals surface area (Å²) in [4.78, 5) is 2.35. The Hall–Kier alpha value is -1.84. The molecule has 1 radical (unpaired) electrons. The van der Waals surface area contributed by atoms with Crippen LogP contribution in [0.1, 0.15) is 20.8 Å². The monoisotopic (exact) mass is 309 g/mol. The summed E-state index contributed by atoms with van der Waals surface area (Å²) < 4.78 is 6.22. The quantitative estimate of drug-likeness (QED) is 0.935. The van der Waals surface area contributed by atoms with Crippen molar-refractivity contribution in [3.8, 4) is 11.1 Å². The molecule has 1 atom stereocenters. The minimum Gasteiger partial charge on any atom is -0.351 e. The third-order valence-corrected chi connectivity index (χ3v) is 3.93. The molecule has 0 bridgehead atoms. The van der Waals surface area contributed by atoms with E-state index < -0.39 is 0 Å². The summed E-state index contributed by atoms with van der Waals surface area (Å²) in [6.45, 7) is 9.11. The van der Waals surface area contributed by atoms with Crippen LogP contribution in [0.5, 0.6) is 0 Å². The zero-order valence-corrected chi connectivity index (χ0v) is 14.2. The smallest absolute Gasteiger partial charge is 0.143 e. The zero-order valence-electron chi connectivity index (χ0n) is 14.2. The molecule has 0 amide bonds. The van der Waals surface area contributed by atoms with E-state index >= 15 is 0 Å². The number of ether oxygens (including phenoxy) is 1. The van der Waals surface area contributed by atoms with Crippen LogP contribution in [0.3, 0.4) is 0 Å². The van der Waals surface area contributed by atoms with E-state index in [2.05, 4.69) is 67.4 Å². The maximum atomic E-state index is 6.22. The fraction of sp³-hybridized carbons (Fsp3) is 0.400. The van der Waals surface area contributed by atoms with E-state index in [0.29, 0.717) is 0 Å². The minimum atomic E-state index is -0.151. The van der Waals surface area contributed by atoms with Gasteiger partial charge >= 0.3 is 0 Å². The van der Waals surface area contributed by atoms with Gasteiger partial charge in [-0.2, -0.15) is 0 Å². The van der Waals surface area contributed by atoms with Crippen molar-refractivity contribution in [1.82, 2.24) is 5.32 Å². The highest BCUT2D eigenvalue weighted by Crippen LogP contribution is 2.26. The second-order valence-electron chi connectivity index (χ2n) is 6.92. The number of piperazine rings is 1. The predicted molar refractivity (Wildman–Crippen MR) is 95.6 cm³/mol. The third kappa shape index (κ3) is 4.12. The lowest BCUT2D eigenvalue weighted by atomic mass is 10.1. The van der Waals surface area contributed by atoms with Crippen LogP contribution in [0.15, 0.2) is 48.5 Å². The number of nitrogens with zero attached hydrogens (tertiary/aromatic N) is 1. The molecule has 1 fully saturated rings. The second-order valence-corrected chi connectivity index (χ2v) is 6.92. The molecule has 3 rings (SSSR count). The third-order valence-electron chi connectivity index (χ3n) is 3.93. The summed E-state index contributed by atoms with van der Waals surface area (Å²) in [5.41, 5.74) is 3.47. The van der Waals surface area contributed by atoms with E-state index in [-0.39, 0.29) is 11.8 Å². The van der Waals surface area contributed by atoms with E-state index in [4.69, 9.17) is 4.74 Å². The molecule has 23 heavy (non-hydrogen) atoms. The van der Waals surface area contributed by atoms with Crippen LogP contribution in [0.2, 0.25) is 0 Å². The maximum absolute atomic E-state index is 6.22. The average molecular weight is 309 g/mol. The molecular formula is C20H25N2O. The molecule has 1 aliphatic rings. The molecule has 121 valence electrons.